The maximum absolute atomic E-state index is 13.5. The van der Waals surface area contributed by atoms with E-state index in [4.69, 9.17) is 4.74 Å². The van der Waals surface area contributed by atoms with Gasteiger partial charge in [-0.05, 0) is 74.3 Å². The SMILES string of the molecule is C=C1CC2(CCN(C(=C)c3cncc(OC)n3)CC2)CC(=O)C1c1c(C)cc(C#CC)cc1C. The van der Waals surface area contributed by atoms with Crippen LogP contribution >= 0.6 is 0 Å². The highest BCUT2D eigenvalue weighted by molar-refractivity contribution is 5.91. The van der Waals surface area contributed by atoms with Gasteiger partial charge in [0.25, 0.3) is 0 Å². The first-order valence-corrected chi connectivity index (χ1v) is 11.8. The van der Waals surface area contributed by atoms with Gasteiger partial charge in [-0.15, -0.1) is 5.92 Å². The molecular formula is C29H33N3O2. The number of ketones is 1. The smallest absolute Gasteiger partial charge is 0.232 e. The summed E-state index contributed by atoms with van der Waals surface area (Å²) in [5.41, 5.74) is 6.97. The van der Waals surface area contributed by atoms with Crippen molar-refractivity contribution in [1.82, 2.24) is 14.9 Å². The summed E-state index contributed by atoms with van der Waals surface area (Å²) >= 11 is 0. The minimum atomic E-state index is -0.214. The van der Waals surface area contributed by atoms with Crippen LogP contribution in [-0.4, -0.2) is 40.9 Å². The Labute approximate surface area is 203 Å². The Bertz CT molecular complexity index is 1170. The zero-order valence-corrected chi connectivity index (χ0v) is 20.7. The minimum absolute atomic E-state index is 0.0169. The molecule has 0 amide bonds. The average molecular weight is 456 g/mol. The molecule has 176 valence electrons. The summed E-state index contributed by atoms with van der Waals surface area (Å²) in [6, 6.07) is 4.19. The number of hydrogen-bond acceptors (Lipinski definition) is 5. The summed E-state index contributed by atoms with van der Waals surface area (Å²) < 4.78 is 5.20. The minimum Gasteiger partial charge on any atom is -0.480 e. The largest absolute Gasteiger partial charge is 0.480 e. The fraction of sp³-hybridized carbons (Fsp3) is 0.414. The van der Waals surface area contributed by atoms with Crippen LogP contribution in [0.25, 0.3) is 5.70 Å². The molecule has 0 radical (unpaired) electrons. The number of aromatic nitrogens is 2. The Morgan fingerprint density at radius 3 is 2.44 bits per heavy atom. The van der Waals surface area contributed by atoms with E-state index in [0.717, 1.165) is 71.6 Å². The monoisotopic (exact) mass is 455 g/mol. The second-order valence-corrected chi connectivity index (χ2v) is 9.69. The summed E-state index contributed by atoms with van der Waals surface area (Å²) in [7, 11) is 1.58. The number of rotatable bonds is 4. The van der Waals surface area contributed by atoms with E-state index in [0.29, 0.717) is 18.1 Å². The molecule has 1 aliphatic carbocycles. The maximum atomic E-state index is 13.5. The van der Waals surface area contributed by atoms with Gasteiger partial charge in [0.05, 0.1) is 31.1 Å². The number of carbonyl (C=O) groups excluding carboxylic acids is 1. The Balaban J connectivity index is 1.48. The van der Waals surface area contributed by atoms with Crippen LogP contribution in [0.4, 0.5) is 0 Å². The Hall–Kier alpha value is -3.39. The predicted molar refractivity (Wildman–Crippen MR) is 135 cm³/mol. The third-order valence-corrected chi connectivity index (χ3v) is 7.36. The maximum Gasteiger partial charge on any atom is 0.232 e. The molecule has 34 heavy (non-hydrogen) atoms. The fourth-order valence-electron chi connectivity index (χ4n) is 5.71. The average Bonchev–Trinajstić information content (AvgIpc) is 2.80. The number of Topliss-reactive ketones (excluding diaryl/α,β-unsaturated/α-hetero) is 1. The summed E-state index contributed by atoms with van der Waals surface area (Å²) in [4.78, 5) is 24.5. The quantitative estimate of drug-likeness (QED) is 0.467. The highest BCUT2D eigenvalue weighted by Gasteiger charge is 2.45. The van der Waals surface area contributed by atoms with Crippen LogP contribution in [0.2, 0.25) is 0 Å². The first-order valence-electron chi connectivity index (χ1n) is 11.8. The van der Waals surface area contributed by atoms with Crippen LogP contribution in [-0.2, 0) is 4.79 Å². The van der Waals surface area contributed by atoms with Crippen LogP contribution in [0.3, 0.4) is 0 Å². The predicted octanol–water partition coefficient (Wildman–Crippen LogP) is 5.23. The molecule has 1 aliphatic heterocycles. The molecule has 1 aromatic carbocycles. The first kappa shape index (κ1) is 23.8. The molecule has 1 spiro atoms. The third kappa shape index (κ3) is 4.50. The van der Waals surface area contributed by atoms with Gasteiger partial charge in [0, 0.05) is 25.1 Å². The van der Waals surface area contributed by atoms with E-state index < -0.39 is 0 Å². The van der Waals surface area contributed by atoms with E-state index in [-0.39, 0.29) is 11.3 Å². The number of nitrogens with zero attached hydrogens (tertiary/aromatic N) is 3. The van der Waals surface area contributed by atoms with E-state index in [2.05, 4.69) is 65.8 Å². The van der Waals surface area contributed by atoms with Crippen molar-refractivity contribution in [2.45, 2.75) is 52.4 Å². The Morgan fingerprint density at radius 2 is 1.85 bits per heavy atom. The van der Waals surface area contributed by atoms with Gasteiger partial charge in [0.15, 0.2) is 0 Å². The molecule has 2 heterocycles. The number of aryl methyl sites for hydroxylation is 2. The number of likely N-dealkylation sites (tertiary alicyclic amines) is 1. The molecule has 5 nitrogen and oxygen atoms in total. The molecule has 1 atom stereocenters. The first-order chi connectivity index (χ1) is 16.3. The number of benzene rings is 1. The zero-order chi connectivity index (χ0) is 24.5. The number of hydrogen-bond donors (Lipinski definition) is 0. The molecule has 2 aromatic rings. The van der Waals surface area contributed by atoms with E-state index in [1.165, 1.54) is 0 Å². The molecule has 1 saturated heterocycles. The summed E-state index contributed by atoms with van der Waals surface area (Å²) in [5, 5.41) is 0. The van der Waals surface area contributed by atoms with Gasteiger partial charge in [-0.1, -0.05) is 24.7 Å². The van der Waals surface area contributed by atoms with Gasteiger partial charge in [-0.3, -0.25) is 9.78 Å². The number of methoxy groups -OCH3 is 1. The lowest BCUT2D eigenvalue weighted by atomic mass is 9.61. The van der Waals surface area contributed by atoms with E-state index >= 15 is 0 Å². The summed E-state index contributed by atoms with van der Waals surface area (Å²) in [5.74, 6) is 6.66. The van der Waals surface area contributed by atoms with E-state index in [1.807, 2.05) is 6.92 Å². The molecular weight excluding hydrogens is 422 g/mol. The summed E-state index contributed by atoms with van der Waals surface area (Å²) in [6.45, 7) is 16.4. The van der Waals surface area contributed by atoms with Gasteiger partial charge in [0.2, 0.25) is 5.88 Å². The topological polar surface area (TPSA) is 55.3 Å². The van der Waals surface area contributed by atoms with E-state index in [9.17, 15) is 4.79 Å². The second-order valence-electron chi connectivity index (χ2n) is 9.69. The van der Waals surface area contributed by atoms with Crippen LogP contribution in [0.15, 0.2) is 43.3 Å². The molecule has 4 rings (SSSR count). The fourth-order valence-corrected chi connectivity index (χ4v) is 5.71. The van der Waals surface area contributed by atoms with Gasteiger partial charge in [0.1, 0.15) is 11.5 Å². The molecule has 1 aromatic heterocycles. The van der Waals surface area contributed by atoms with Crippen molar-refractivity contribution in [3.8, 4) is 17.7 Å². The molecule has 2 aliphatic rings. The van der Waals surface area contributed by atoms with Crippen molar-refractivity contribution in [2.24, 2.45) is 5.41 Å². The van der Waals surface area contributed by atoms with Crippen LogP contribution in [0.1, 0.15) is 66.5 Å². The highest BCUT2D eigenvalue weighted by Crippen LogP contribution is 2.50. The molecule has 5 heteroatoms. The van der Waals surface area contributed by atoms with Gasteiger partial charge >= 0.3 is 0 Å². The lowest BCUT2D eigenvalue weighted by Crippen LogP contribution is -2.44. The van der Waals surface area contributed by atoms with Gasteiger partial charge in [-0.25, -0.2) is 4.98 Å². The normalized spacial score (nSPS) is 19.5. The van der Waals surface area contributed by atoms with Crippen molar-refractivity contribution >= 4 is 11.5 Å². The lowest BCUT2D eigenvalue weighted by Gasteiger charge is -2.47. The van der Waals surface area contributed by atoms with Crippen molar-refractivity contribution < 1.29 is 9.53 Å². The van der Waals surface area contributed by atoms with Crippen molar-refractivity contribution in [3.63, 3.8) is 0 Å². The van der Waals surface area contributed by atoms with E-state index in [1.54, 1.807) is 19.5 Å². The second kappa shape index (κ2) is 9.46. The Morgan fingerprint density at radius 1 is 1.18 bits per heavy atom. The van der Waals surface area contributed by atoms with Crippen LogP contribution < -0.4 is 4.74 Å². The molecule has 0 N–H and O–H groups in total. The number of carbonyl (C=O) groups is 1. The van der Waals surface area contributed by atoms with Crippen molar-refractivity contribution in [2.75, 3.05) is 20.2 Å². The van der Waals surface area contributed by atoms with Crippen LogP contribution in [0, 0.1) is 31.1 Å². The summed E-state index contributed by atoms with van der Waals surface area (Å²) in [6.07, 6.45) is 6.66. The number of ether oxygens (including phenoxy) is 1. The molecule has 1 saturated carbocycles. The standard InChI is InChI=1S/C29H33N3O2/c1-7-8-23-13-19(2)27(20(3)14-23)28-21(4)15-29(16-25(28)33)9-11-32(12-10-29)22(5)24-17-30-18-26(31-24)34-6/h13-14,17-18,28H,4-5,9-12,15-16H2,1-3,6H3. The number of piperidine rings is 1. The Kier molecular flexibility index (Phi) is 6.61. The van der Waals surface area contributed by atoms with Crippen LogP contribution in [0.5, 0.6) is 5.88 Å². The van der Waals surface area contributed by atoms with Gasteiger partial charge < -0.3 is 9.64 Å². The highest BCUT2D eigenvalue weighted by atomic mass is 16.5. The third-order valence-electron chi connectivity index (χ3n) is 7.36. The van der Waals surface area contributed by atoms with Crippen molar-refractivity contribution in [1.29, 1.82) is 0 Å². The zero-order valence-electron chi connectivity index (χ0n) is 20.7. The van der Waals surface area contributed by atoms with Gasteiger partial charge in [-0.2, -0.15) is 0 Å². The lowest BCUT2D eigenvalue weighted by molar-refractivity contribution is -0.124. The molecule has 2 fully saturated rings. The molecule has 0 bridgehead atoms. The van der Waals surface area contributed by atoms with Crippen molar-refractivity contribution in [3.05, 3.63) is 71.2 Å². The molecule has 1 unspecified atom stereocenters. The number of allylic oxidation sites excluding steroid dienone is 1.